The van der Waals surface area contributed by atoms with E-state index in [1.54, 1.807) is 5.38 Å². The standard InChI is InChI=1S/C15H20N2O6S2/c18-14(16-11-2-1-10(9-11)15(19)20)13-12(3-8-24-13)25(21,22)17-4-6-23-7-5-17/h3,8,10-11H,1-2,4-7,9H2,(H,16,18)(H,19,20)/t10-,11+/m0/s1. The minimum Gasteiger partial charge on any atom is -0.481 e. The van der Waals surface area contributed by atoms with E-state index in [9.17, 15) is 18.0 Å². The Hall–Kier alpha value is -1.49. The van der Waals surface area contributed by atoms with Crippen LogP contribution >= 0.6 is 11.3 Å². The van der Waals surface area contributed by atoms with Crippen LogP contribution in [0.1, 0.15) is 28.9 Å². The van der Waals surface area contributed by atoms with Crippen molar-refractivity contribution in [3.63, 3.8) is 0 Å². The maximum atomic E-state index is 12.8. The summed E-state index contributed by atoms with van der Waals surface area (Å²) in [6, 6.07) is 1.20. The third kappa shape index (κ3) is 3.86. The van der Waals surface area contributed by atoms with Gasteiger partial charge in [-0.05, 0) is 30.7 Å². The van der Waals surface area contributed by atoms with Crippen LogP contribution < -0.4 is 5.32 Å². The molecule has 0 bridgehead atoms. The van der Waals surface area contributed by atoms with E-state index in [1.165, 1.54) is 10.4 Å². The fourth-order valence-electron chi connectivity index (χ4n) is 3.18. The Kier molecular flexibility index (Phi) is 5.42. The van der Waals surface area contributed by atoms with Gasteiger partial charge < -0.3 is 15.2 Å². The van der Waals surface area contributed by atoms with Crippen molar-refractivity contribution in [3.8, 4) is 0 Å². The van der Waals surface area contributed by atoms with Gasteiger partial charge in [0, 0.05) is 19.1 Å². The molecule has 138 valence electrons. The Morgan fingerprint density at radius 1 is 1.28 bits per heavy atom. The lowest BCUT2D eigenvalue weighted by Gasteiger charge is -2.26. The normalized spacial score (nSPS) is 25.0. The predicted octanol–water partition coefficient (Wildman–Crippen LogP) is 0.752. The van der Waals surface area contributed by atoms with Crippen LogP contribution in [0.2, 0.25) is 0 Å². The number of amides is 1. The lowest BCUT2D eigenvalue weighted by atomic mass is 10.1. The summed E-state index contributed by atoms with van der Waals surface area (Å²) in [4.78, 5) is 23.7. The number of nitrogens with one attached hydrogen (secondary N) is 1. The molecule has 2 fully saturated rings. The number of ether oxygens (including phenoxy) is 1. The van der Waals surface area contributed by atoms with E-state index in [-0.39, 0.29) is 28.9 Å². The molecule has 3 rings (SSSR count). The number of thiophene rings is 1. The van der Waals surface area contributed by atoms with Crippen molar-refractivity contribution in [3.05, 3.63) is 16.3 Å². The molecule has 2 N–H and O–H groups in total. The third-order valence-electron chi connectivity index (χ3n) is 4.54. The number of carboxylic acid groups (broad SMARTS) is 1. The van der Waals surface area contributed by atoms with Crippen molar-refractivity contribution in [2.75, 3.05) is 26.3 Å². The van der Waals surface area contributed by atoms with Crippen LogP contribution in [0.15, 0.2) is 16.3 Å². The lowest BCUT2D eigenvalue weighted by Crippen LogP contribution is -2.41. The zero-order valence-electron chi connectivity index (χ0n) is 13.5. The molecule has 0 unspecified atom stereocenters. The van der Waals surface area contributed by atoms with Crippen LogP contribution in [0.3, 0.4) is 0 Å². The highest BCUT2D eigenvalue weighted by atomic mass is 32.2. The van der Waals surface area contributed by atoms with E-state index in [4.69, 9.17) is 9.84 Å². The summed E-state index contributed by atoms with van der Waals surface area (Å²) in [6.07, 6.45) is 1.47. The van der Waals surface area contributed by atoms with Crippen molar-refractivity contribution in [2.45, 2.75) is 30.2 Å². The Balaban J connectivity index is 1.73. The van der Waals surface area contributed by atoms with Gasteiger partial charge in [0.15, 0.2) is 0 Å². The summed E-state index contributed by atoms with van der Waals surface area (Å²) in [5.74, 6) is -1.77. The van der Waals surface area contributed by atoms with E-state index in [2.05, 4.69) is 5.32 Å². The smallest absolute Gasteiger partial charge is 0.306 e. The number of carboxylic acids is 1. The van der Waals surface area contributed by atoms with Gasteiger partial charge in [0.25, 0.3) is 5.91 Å². The first kappa shape index (κ1) is 18.3. The van der Waals surface area contributed by atoms with Crippen molar-refractivity contribution >= 4 is 33.2 Å². The summed E-state index contributed by atoms with van der Waals surface area (Å²) in [7, 11) is -3.74. The molecule has 0 radical (unpaired) electrons. The molecule has 25 heavy (non-hydrogen) atoms. The minimum absolute atomic E-state index is 0.00433. The highest BCUT2D eigenvalue weighted by molar-refractivity contribution is 7.89. The average molecular weight is 388 g/mol. The second-order valence-electron chi connectivity index (χ2n) is 6.15. The summed E-state index contributed by atoms with van der Waals surface area (Å²) < 4.78 is 32.0. The molecule has 1 aliphatic carbocycles. The molecule has 0 spiro atoms. The van der Waals surface area contributed by atoms with Crippen molar-refractivity contribution < 1.29 is 27.9 Å². The molecule has 8 nitrogen and oxygen atoms in total. The SMILES string of the molecule is O=C(N[C@@H]1CC[C@H](C(=O)O)C1)c1sccc1S(=O)(=O)N1CCOCC1. The van der Waals surface area contributed by atoms with Gasteiger partial charge in [-0.3, -0.25) is 9.59 Å². The molecule has 1 saturated carbocycles. The number of sulfonamides is 1. The molecule has 2 heterocycles. The summed E-state index contributed by atoms with van der Waals surface area (Å²) in [6.45, 7) is 1.21. The zero-order chi connectivity index (χ0) is 18.0. The second-order valence-corrected chi connectivity index (χ2v) is 8.97. The van der Waals surface area contributed by atoms with Gasteiger partial charge in [0.2, 0.25) is 10.0 Å². The molecule has 1 aromatic rings. The van der Waals surface area contributed by atoms with E-state index in [0.29, 0.717) is 32.5 Å². The van der Waals surface area contributed by atoms with Crippen molar-refractivity contribution in [1.29, 1.82) is 0 Å². The second kappa shape index (κ2) is 7.40. The molecule has 2 aliphatic rings. The highest BCUT2D eigenvalue weighted by Gasteiger charge is 2.34. The first-order chi connectivity index (χ1) is 11.9. The van der Waals surface area contributed by atoms with Gasteiger partial charge in [-0.2, -0.15) is 4.31 Å². The van der Waals surface area contributed by atoms with E-state index in [0.717, 1.165) is 11.3 Å². The molecule has 0 aromatic carbocycles. The molecule has 1 saturated heterocycles. The monoisotopic (exact) mass is 388 g/mol. The number of morpholine rings is 1. The number of hydrogen-bond acceptors (Lipinski definition) is 6. The Labute approximate surface area is 149 Å². The largest absolute Gasteiger partial charge is 0.481 e. The van der Waals surface area contributed by atoms with Crippen LogP contribution in [0.4, 0.5) is 0 Å². The number of rotatable bonds is 5. The quantitative estimate of drug-likeness (QED) is 0.770. The lowest BCUT2D eigenvalue weighted by molar-refractivity contribution is -0.141. The van der Waals surface area contributed by atoms with Gasteiger partial charge in [-0.25, -0.2) is 8.42 Å². The van der Waals surface area contributed by atoms with Gasteiger partial charge in [-0.15, -0.1) is 11.3 Å². The maximum Gasteiger partial charge on any atom is 0.306 e. The van der Waals surface area contributed by atoms with Crippen LogP contribution in [-0.4, -0.2) is 62.1 Å². The van der Waals surface area contributed by atoms with E-state index in [1.807, 2.05) is 0 Å². The Morgan fingerprint density at radius 3 is 2.64 bits per heavy atom. The summed E-state index contributed by atoms with van der Waals surface area (Å²) >= 11 is 1.07. The topological polar surface area (TPSA) is 113 Å². The Morgan fingerprint density at radius 2 is 2.00 bits per heavy atom. The third-order valence-corrected chi connectivity index (χ3v) is 7.52. The maximum absolute atomic E-state index is 12.8. The number of hydrogen-bond donors (Lipinski definition) is 2. The van der Waals surface area contributed by atoms with Crippen LogP contribution in [0.5, 0.6) is 0 Å². The summed E-state index contributed by atoms with van der Waals surface area (Å²) in [5, 5.41) is 13.4. The molecule has 1 aliphatic heterocycles. The van der Waals surface area contributed by atoms with Gasteiger partial charge in [-0.1, -0.05) is 0 Å². The van der Waals surface area contributed by atoms with Gasteiger partial charge in [0.1, 0.15) is 9.77 Å². The molecule has 1 amide bonds. The number of carbonyl (C=O) groups excluding carboxylic acids is 1. The van der Waals surface area contributed by atoms with Crippen LogP contribution in [-0.2, 0) is 19.6 Å². The fraction of sp³-hybridized carbons (Fsp3) is 0.600. The number of nitrogens with zero attached hydrogens (tertiary/aromatic N) is 1. The Bertz CT molecular complexity index is 754. The number of carbonyl (C=O) groups is 2. The predicted molar refractivity (Wildman–Crippen MR) is 90.1 cm³/mol. The van der Waals surface area contributed by atoms with E-state index < -0.39 is 27.8 Å². The zero-order valence-corrected chi connectivity index (χ0v) is 15.1. The van der Waals surface area contributed by atoms with E-state index >= 15 is 0 Å². The number of aliphatic carboxylic acids is 1. The molecule has 1 aromatic heterocycles. The van der Waals surface area contributed by atoms with Crippen molar-refractivity contribution in [1.82, 2.24) is 9.62 Å². The minimum atomic E-state index is -3.74. The highest BCUT2D eigenvalue weighted by Crippen LogP contribution is 2.29. The van der Waals surface area contributed by atoms with Gasteiger partial charge >= 0.3 is 5.97 Å². The molecular weight excluding hydrogens is 368 g/mol. The molecule has 2 atom stereocenters. The first-order valence-corrected chi connectivity index (χ1v) is 10.4. The molecular formula is C15H20N2O6S2. The van der Waals surface area contributed by atoms with Gasteiger partial charge in [0.05, 0.1) is 19.1 Å². The summed E-state index contributed by atoms with van der Waals surface area (Å²) in [5.41, 5.74) is 0. The van der Waals surface area contributed by atoms with Crippen LogP contribution in [0, 0.1) is 5.92 Å². The van der Waals surface area contributed by atoms with Crippen LogP contribution in [0.25, 0.3) is 0 Å². The molecule has 10 heteroatoms. The average Bonchev–Trinajstić information content (AvgIpc) is 3.25. The first-order valence-electron chi connectivity index (χ1n) is 8.08. The van der Waals surface area contributed by atoms with Crippen molar-refractivity contribution in [2.24, 2.45) is 5.92 Å². The fourth-order valence-corrected chi connectivity index (χ4v) is 5.89.